The molecule has 21 heavy (non-hydrogen) atoms. The number of hydrogen-bond acceptors (Lipinski definition) is 4. The van der Waals surface area contributed by atoms with Gasteiger partial charge in [-0.3, -0.25) is 19.8 Å². The van der Waals surface area contributed by atoms with Crippen LogP contribution in [0.2, 0.25) is 0 Å². The number of carboxylic acid groups (broad SMARTS) is 1. The van der Waals surface area contributed by atoms with Gasteiger partial charge in [-0.2, -0.15) is 0 Å². The predicted octanol–water partition coefficient (Wildman–Crippen LogP) is 2.56. The van der Waals surface area contributed by atoms with Crippen molar-refractivity contribution in [3.63, 3.8) is 0 Å². The second kappa shape index (κ2) is 6.62. The molecule has 0 aliphatic carbocycles. The highest BCUT2D eigenvalue weighted by Gasteiger charge is 2.27. The fourth-order valence-corrected chi connectivity index (χ4v) is 2.70. The maximum Gasteiger partial charge on any atom is 0.320 e. The summed E-state index contributed by atoms with van der Waals surface area (Å²) >= 11 is 0. The van der Waals surface area contributed by atoms with Crippen molar-refractivity contribution < 1.29 is 19.2 Å². The van der Waals surface area contributed by atoms with E-state index in [1.54, 1.807) is 4.90 Å². The number of rotatable bonds is 4. The predicted molar refractivity (Wildman–Crippen MR) is 73.4 cm³/mol. The van der Waals surface area contributed by atoms with Gasteiger partial charge < -0.3 is 5.11 Å². The number of halogens is 1. The van der Waals surface area contributed by atoms with E-state index in [4.69, 9.17) is 0 Å². The van der Waals surface area contributed by atoms with Crippen LogP contribution in [0.3, 0.4) is 0 Å². The Hall–Kier alpha value is -2.02. The van der Waals surface area contributed by atoms with Gasteiger partial charge in [-0.05, 0) is 31.0 Å². The summed E-state index contributed by atoms with van der Waals surface area (Å²) in [5.41, 5.74) is 0.113. The molecule has 6 nitrogen and oxygen atoms in total. The van der Waals surface area contributed by atoms with Crippen molar-refractivity contribution in [1.29, 1.82) is 0 Å². The van der Waals surface area contributed by atoms with Crippen molar-refractivity contribution in [2.45, 2.75) is 38.3 Å². The lowest BCUT2D eigenvalue weighted by Crippen LogP contribution is -2.40. The molecule has 0 aromatic heterocycles. The van der Waals surface area contributed by atoms with E-state index < -0.39 is 22.8 Å². The van der Waals surface area contributed by atoms with Gasteiger partial charge in [0.15, 0.2) is 0 Å². The molecule has 1 unspecified atom stereocenters. The SMILES string of the molecule is O=C(O)C1CCCCCN1Cc1cc(F)cc([N+](=O)[O-])c1. The molecule has 114 valence electrons. The third-order valence-electron chi connectivity index (χ3n) is 3.69. The van der Waals surface area contributed by atoms with Gasteiger partial charge in [0.25, 0.3) is 5.69 Å². The highest BCUT2D eigenvalue weighted by Crippen LogP contribution is 2.22. The van der Waals surface area contributed by atoms with Crippen LogP contribution in [0.1, 0.15) is 31.2 Å². The lowest BCUT2D eigenvalue weighted by atomic mass is 10.1. The summed E-state index contributed by atoms with van der Waals surface area (Å²) in [4.78, 5) is 23.2. The smallest absolute Gasteiger partial charge is 0.320 e. The molecule has 1 heterocycles. The first-order valence-electron chi connectivity index (χ1n) is 6.88. The zero-order valence-electron chi connectivity index (χ0n) is 11.5. The van der Waals surface area contributed by atoms with Crippen molar-refractivity contribution in [2.75, 3.05) is 6.54 Å². The molecule has 1 aliphatic heterocycles. The molecule has 1 aromatic rings. The van der Waals surface area contributed by atoms with Crippen LogP contribution in [0.5, 0.6) is 0 Å². The molecule has 0 radical (unpaired) electrons. The van der Waals surface area contributed by atoms with E-state index in [1.807, 2.05) is 0 Å². The van der Waals surface area contributed by atoms with Gasteiger partial charge in [-0.15, -0.1) is 0 Å². The van der Waals surface area contributed by atoms with Crippen LogP contribution in [0, 0.1) is 15.9 Å². The summed E-state index contributed by atoms with van der Waals surface area (Å²) in [5, 5.41) is 20.0. The first-order chi connectivity index (χ1) is 9.97. The fraction of sp³-hybridized carbons (Fsp3) is 0.500. The maximum absolute atomic E-state index is 13.4. The third-order valence-corrected chi connectivity index (χ3v) is 3.69. The van der Waals surface area contributed by atoms with Crippen molar-refractivity contribution in [2.24, 2.45) is 0 Å². The van der Waals surface area contributed by atoms with Gasteiger partial charge in [0.05, 0.1) is 11.0 Å². The largest absolute Gasteiger partial charge is 0.480 e. The molecular formula is C14H17FN2O4. The minimum atomic E-state index is -0.900. The first-order valence-corrected chi connectivity index (χ1v) is 6.88. The third kappa shape index (κ3) is 3.98. The van der Waals surface area contributed by atoms with Gasteiger partial charge in [0.1, 0.15) is 11.9 Å². The summed E-state index contributed by atoms with van der Waals surface area (Å²) in [6.45, 7) is 0.802. The fourth-order valence-electron chi connectivity index (χ4n) is 2.70. The minimum Gasteiger partial charge on any atom is -0.480 e. The number of likely N-dealkylation sites (tertiary alicyclic amines) is 1. The summed E-state index contributed by atoms with van der Waals surface area (Å²) in [6, 6.07) is 2.76. The van der Waals surface area contributed by atoms with Crippen LogP contribution in [0.4, 0.5) is 10.1 Å². The number of nitrogens with zero attached hydrogens (tertiary/aromatic N) is 2. The van der Waals surface area contributed by atoms with E-state index in [1.165, 1.54) is 12.1 Å². The summed E-state index contributed by atoms with van der Waals surface area (Å²) in [7, 11) is 0. The Morgan fingerprint density at radius 3 is 2.81 bits per heavy atom. The second-order valence-corrected chi connectivity index (χ2v) is 5.25. The van der Waals surface area contributed by atoms with E-state index in [9.17, 15) is 24.4 Å². The van der Waals surface area contributed by atoms with Crippen LogP contribution >= 0.6 is 0 Å². The van der Waals surface area contributed by atoms with E-state index in [0.717, 1.165) is 25.3 Å². The molecule has 1 aromatic carbocycles. The molecule has 2 rings (SSSR count). The Balaban J connectivity index is 2.22. The molecule has 0 bridgehead atoms. The Labute approximate surface area is 121 Å². The zero-order chi connectivity index (χ0) is 15.4. The number of carbonyl (C=O) groups is 1. The number of non-ortho nitro benzene ring substituents is 1. The molecule has 1 aliphatic rings. The Morgan fingerprint density at radius 2 is 2.14 bits per heavy atom. The second-order valence-electron chi connectivity index (χ2n) is 5.25. The van der Waals surface area contributed by atoms with Crippen molar-refractivity contribution in [3.8, 4) is 0 Å². The van der Waals surface area contributed by atoms with Gasteiger partial charge in [0.2, 0.25) is 0 Å². The lowest BCUT2D eigenvalue weighted by Gasteiger charge is -2.26. The average molecular weight is 296 g/mol. The monoisotopic (exact) mass is 296 g/mol. The van der Waals surface area contributed by atoms with Crippen LogP contribution in [0.25, 0.3) is 0 Å². The van der Waals surface area contributed by atoms with Gasteiger partial charge >= 0.3 is 5.97 Å². The quantitative estimate of drug-likeness (QED) is 0.682. The number of nitro groups is 1. The first kappa shape index (κ1) is 15.4. The number of carboxylic acids is 1. The van der Waals surface area contributed by atoms with Crippen molar-refractivity contribution in [1.82, 2.24) is 4.90 Å². The van der Waals surface area contributed by atoms with Crippen molar-refractivity contribution >= 4 is 11.7 Å². The number of benzene rings is 1. The van der Waals surface area contributed by atoms with Crippen LogP contribution in [0.15, 0.2) is 18.2 Å². The number of hydrogen-bond donors (Lipinski definition) is 1. The van der Waals surface area contributed by atoms with E-state index >= 15 is 0 Å². The number of aliphatic carboxylic acids is 1. The van der Waals surface area contributed by atoms with Gasteiger partial charge in [-0.25, -0.2) is 4.39 Å². The summed E-state index contributed by atoms with van der Waals surface area (Å²) in [6.07, 6.45) is 3.23. The van der Waals surface area contributed by atoms with E-state index in [2.05, 4.69) is 0 Å². The topological polar surface area (TPSA) is 83.7 Å². The zero-order valence-corrected chi connectivity index (χ0v) is 11.5. The molecule has 0 amide bonds. The molecule has 0 spiro atoms. The maximum atomic E-state index is 13.4. The Morgan fingerprint density at radius 1 is 1.38 bits per heavy atom. The van der Waals surface area contributed by atoms with E-state index in [0.29, 0.717) is 18.5 Å². The molecular weight excluding hydrogens is 279 g/mol. The van der Waals surface area contributed by atoms with Crippen LogP contribution < -0.4 is 0 Å². The molecule has 1 fully saturated rings. The van der Waals surface area contributed by atoms with Gasteiger partial charge in [0, 0.05) is 12.6 Å². The Bertz CT molecular complexity index is 550. The highest BCUT2D eigenvalue weighted by molar-refractivity contribution is 5.73. The average Bonchev–Trinajstić information content (AvgIpc) is 2.63. The van der Waals surface area contributed by atoms with Gasteiger partial charge in [-0.1, -0.05) is 12.8 Å². The standard InChI is InChI=1S/C14H17FN2O4/c15-11-6-10(7-12(8-11)17(20)21)9-16-5-3-1-2-4-13(16)14(18)19/h6-8,13H,1-5,9H2,(H,18,19). The molecule has 1 N–H and O–H groups in total. The normalized spacial score (nSPS) is 20.0. The van der Waals surface area contributed by atoms with Crippen LogP contribution in [-0.2, 0) is 11.3 Å². The lowest BCUT2D eigenvalue weighted by molar-refractivity contribution is -0.385. The molecule has 1 saturated heterocycles. The Kier molecular flexibility index (Phi) is 4.85. The van der Waals surface area contributed by atoms with Crippen molar-refractivity contribution in [3.05, 3.63) is 39.7 Å². The molecule has 0 saturated carbocycles. The molecule has 1 atom stereocenters. The minimum absolute atomic E-state index is 0.204. The van der Waals surface area contributed by atoms with Crippen LogP contribution in [-0.4, -0.2) is 33.5 Å². The highest BCUT2D eigenvalue weighted by atomic mass is 19.1. The summed E-state index contributed by atoms with van der Waals surface area (Å²) in [5.74, 6) is -1.58. The number of nitro benzene ring substituents is 1. The van der Waals surface area contributed by atoms with E-state index in [-0.39, 0.29) is 12.2 Å². The summed E-state index contributed by atoms with van der Waals surface area (Å²) < 4.78 is 13.4. The molecule has 7 heteroatoms.